The molecule has 20 heavy (non-hydrogen) atoms. The van der Waals surface area contributed by atoms with Crippen LogP contribution in [0.1, 0.15) is 5.82 Å². The molecule has 1 aromatic carbocycles. The summed E-state index contributed by atoms with van der Waals surface area (Å²) in [5.74, 6) is -1.32. The first kappa shape index (κ1) is 13.1. The van der Waals surface area contributed by atoms with E-state index in [9.17, 15) is 18.0 Å². The molecule has 0 saturated heterocycles. The van der Waals surface area contributed by atoms with E-state index in [1.165, 1.54) is 16.9 Å². The van der Waals surface area contributed by atoms with Gasteiger partial charge in [-0.15, -0.1) is 0 Å². The molecule has 104 valence electrons. The Morgan fingerprint density at radius 2 is 2.05 bits per heavy atom. The van der Waals surface area contributed by atoms with E-state index in [2.05, 4.69) is 26.0 Å². The minimum atomic E-state index is -4.71. The summed E-state index contributed by atoms with van der Waals surface area (Å²) in [6.07, 6.45) is -3.33. The Morgan fingerprint density at radius 3 is 2.70 bits per heavy atom. The van der Waals surface area contributed by atoms with E-state index in [1.807, 2.05) is 0 Å². The van der Waals surface area contributed by atoms with E-state index in [0.29, 0.717) is 15.4 Å². The summed E-state index contributed by atoms with van der Waals surface area (Å²) in [6.45, 7) is 0. The highest BCUT2D eigenvalue weighted by atomic mass is 79.9. The normalized spacial score (nSPS) is 12.4. The summed E-state index contributed by atoms with van der Waals surface area (Å²) in [6, 6.07) is 1.44. The van der Waals surface area contributed by atoms with Crippen molar-refractivity contribution < 1.29 is 13.2 Å². The van der Waals surface area contributed by atoms with Crippen LogP contribution in [0.5, 0.6) is 0 Å². The number of benzene rings is 1. The lowest BCUT2D eigenvalue weighted by molar-refractivity contribution is -0.144. The Kier molecular flexibility index (Phi) is 2.65. The molecule has 0 aliphatic heterocycles. The van der Waals surface area contributed by atoms with Gasteiger partial charge in [-0.1, -0.05) is 0 Å². The number of hydrogen-bond acceptors (Lipinski definition) is 3. The van der Waals surface area contributed by atoms with Gasteiger partial charge >= 0.3 is 6.18 Å². The van der Waals surface area contributed by atoms with Crippen LogP contribution in [-0.2, 0) is 13.2 Å². The zero-order valence-corrected chi connectivity index (χ0v) is 11.5. The van der Waals surface area contributed by atoms with Crippen molar-refractivity contribution in [2.45, 2.75) is 6.18 Å². The SMILES string of the molecule is Cn1ncc2c3nc(C(F)(F)F)[nH]c(=O)c3cc(Br)c21. The van der Waals surface area contributed by atoms with Crippen LogP contribution in [0.3, 0.4) is 0 Å². The summed E-state index contributed by atoms with van der Waals surface area (Å²) in [7, 11) is 1.65. The van der Waals surface area contributed by atoms with Crippen molar-refractivity contribution in [3.63, 3.8) is 0 Å². The molecule has 2 aromatic heterocycles. The number of aromatic amines is 1. The number of hydrogen-bond donors (Lipinski definition) is 1. The number of H-pyrrole nitrogens is 1. The quantitative estimate of drug-likeness (QED) is 0.680. The minimum Gasteiger partial charge on any atom is -0.302 e. The summed E-state index contributed by atoms with van der Waals surface area (Å²) in [5, 5.41) is 4.44. The van der Waals surface area contributed by atoms with Gasteiger partial charge in [0.2, 0.25) is 5.82 Å². The Balaban J connectivity index is 2.55. The highest BCUT2D eigenvalue weighted by Crippen LogP contribution is 2.31. The van der Waals surface area contributed by atoms with Gasteiger partial charge in [-0.3, -0.25) is 9.48 Å². The highest BCUT2D eigenvalue weighted by molar-refractivity contribution is 9.10. The number of nitrogens with one attached hydrogen (secondary N) is 1. The maximum Gasteiger partial charge on any atom is 0.449 e. The molecule has 0 fully saturated rings. The average Bonchev–Trinajstić information content (AvgIpc) is 2.72. The second-order valence-corrected chi connectivity index (χ2v) is 5.05. The van der Waals surface area contributed by atoms with E-state index in [4.69, 9.17) is 0 Å². The molecule has 3 rings (SSSR count). The number of nitrogens with zero attached hydrogens (tertiary/aromatic N) is 3. The molecular weight excluding hydrogens is 341 g/mol. The zero-order valence-electron chi connectivity index (χ0n) is 9.92. The first-order valence-electron chi connectivity index (χ1n) is 5.40. The largest absolute Gasteiger partial charge is 0.449 e. The van der Waals surface area contributed by atoms with Crippen molar-refractivity contribution in [1.29, 1.82) is 0 Å². The van der Waals surface area contributed by atoms with Crippen molar-refractivity contribution >= 4 is 37.7 Å². The van der Waals surface area contributed by atoms with Crippen LogP contribution in [0.15, 0.2) is 21.5 Å². The van der Waals surface area contributed by atoms with E-state index >= 15 is 0 Å². The highest BCUT2D eigenvalue weighted by Gasteiger charge is 2.34. The van der Waals surface area contributed by atoms with Crippen LogP contribution in [-0.4, -0.2) is 19.7 Å². The van der Waals surface area contributed by atoms with E-state index in [1.54, 1.807) is 12.0 Å². The molecular formula is C11H6BrF3N4O. The molecule has 3 aromatic rings. The Morgan fingerprint density at radius 1 is 1.35 bits per heavy atom. The number of alkyl halides is 3. The lowest BCUT2D eigenvalue weighted by Gasteiger charge is -2.07. The maximum atomic E-state index is 12.7. The number of halogens is 4. The average molecular weight is 347 g/mol. The Bertz CT molecular complexity index is 896. The van der Waals surface area contributed by atoms with Crippen LogP contribution in [0, 0.1) is 0 Å². The second-order valence-electron chi connectivity index (χ2n) is 4.20. The van der Waals surface area contributed by atoms with Gasteiger partial charge in [0.05, 0.1) is 22.6 Å². The van der Waals surface area contributed by atoms with E-state index < -0.39 is 17.6 Å². The van der Waals surface area contributed by atoms with Crippen molar-refractivity contribution in [1.82, 2.24) is 19.7 Å². The van der Waals surface area contributed by atoms with Gasteiger partial charge < -0.3 is 4.98 Å². The van der Waals surface area contributed by atoms with Crippen molar-refractivity contribution in [3.8, 4) is 0 Å². The van der Waals surface area contributed by atoms with Gasteiger partial charge in [-0.25, -0.2) is 4.98 Å². The van der Waals surface area contributed by atoms with Gasteiger partial charge in [0, 0.05) is 16.9 Å². The van der Waals surface area contributed by atoms with Gasteiger partial charge in [0.1, 0.15) is 0 Å². The molecule has 1 N–H and O–H groups in total. The maximum absolute atomic E-state index is 12.7. The molecule has 9 heteroatoms. The monoisotopic (exact) mass is 346 g/mol. The lowest BCUT2D eigenvalue weighted by atomic mass is 10.1. The summed E-state index contributed by atoms with van der Waals surface area (Å²) in [4.78, 5) is 17.1. The third kappa shape index (κ3) is 1.80. The van der Waals surface area contributed by atoms with Crippen molar-refractivity contribution in [2.75, 3.05) is 0 Å². The molecule has 0 atom stereocenters. The third-order valence-electron chi connectivity index (χ3n) is 2.91. The molecule has 0 bridgehead atoms. The Labute approximate surface area is 117 Å². The molecule has 5 nitrogen and oxygen atoms in total. The van der Waals surface area contributed by atoms with E-state index in [0.717, 1.165) is 0 Å². The fourth-order valence-electron chi connectivity index (χ4n) is 2.04. The molecule has 0 saturated carbocycles. The fraction of sp³-hybridized carbons (Fsp3) is 0.182. The zero-order chi connectivity index (χ0) is 14.7. The molecule has 0 unspecified atom stereocenters. The summed E-state index contributed by atoms with van der Waals surface area (Å²) >= 11 is 3.28. The second kappa shape index (κ2) is 4.05. The van der Waals surface area contributed by atoms with Crippen LogP contribution in [0.2, 0.25) is 0 Å². The van der Waals surface area contributed by atoms with Crippen LogP contribution in [0.4, 0.5) is 13.2 Å². The molecule has 0 amide bonds. The smallest absolute Gasteiger partial charge is 0.302 e. The first-order valence-corrected chi connectivity index (χ1v) is 6.20. The molecule has 0 aliphatic rings. The predicted molar refractivity (Wildman–Crippen MR) is 69.3 cm³/mol. The number of fused-ring (bicyclic) bond motifs is 3. The van der Waals surface area contributed by atoms with Gasteiger partial charge in [0.15, 0.2) is 0 Å². The number of rotatable bonds is 0. The number of aromatic nitrogens is 4. The molecule has 0 spiro atoms. The summed E-state index contributed by atoms with van der Waals surface area (Å²) < 4.78 is 40.2. The lowest BCUT2D eigenvalue weighted by Crippen LogP contribution is -2.19. The molecule has 0 aliphatic carbocycles. The van der Waals surface area contributed by atoms with Crippen molar-refractivity contribution in [3.05, 3.63) is 32.9 Å². The van der Waals surface area contributed by atoms with Gasteiger partial charge in [0.25, 0.3) is 5.56 Å². The van der Waals surface area contributed by atoms with Crippen LogP contribution >= 0.6 is 15.9 Å². The molecule has 0 radical (unpaired) electrons. The third-order valence-corrected chi connectivity index (χ3v) is 3.52. The topological polar surface area (TPSA) is 63.6 Å². The standard InChI is InChI=1S/C11H6BrF3N4O/c1-19-8-5(3-16-19)7-4(2-6(8)12)9(20)18-10(17-7)11(13,14)15/h2-3H,1H3,(H,17,18,20). The van der Waals surface area contributed by atoms with Gasteiger partial charge in [-0.05, 0) is 22.0 Å². The predicted octanol–water partition coefficient (Wildman–Crippen LogP) is 2.59. The Hall–Kier alpha value is -1.90. The first-order chi connectivity index (χ1) is 9.29. The van der Waals surface area contributed by atoms with Gasteiger partial charge in [-0.2, -0.15) is 18.3 Å². The molecule has 2 heterocycles. The minimum absolute atomic E-state index is 0.0209. The number of aryl methyl sites for hydroxylation is 1. The van der Waals surface area contributed by atoms with Crippen LogP contribution < -0.4 is 5.56 Å². The fourth-order valence-corrected chi connectivity index (χ4v) is 2.74. The van der Waals surface area contributed by atoms with E-state index in [-0.39, 0.29) is 10.9 Å². The van der Waals surface area contributed by atoms with Crippen LogP contribution in [0.25, 0.3) is 21.8 Å². The van der Waals surface area contributed by atoms with Crippen molar-refractivity contribution in [2.24, 2.45) is 7.05 Å². The summed E-state index contributed by atoms with van der Waals surface area (Å²) in [5.41, 5.74) is -0.287.